The molecule has 3 rings (SSSR count). The number of imidazole rings is 1. The minimum Gasteiger partial charge on any atom is -0.492 e. The number of ether oxygens (including phenoxy) is 1. The van der Waals surface area contributed by atoms with Gasteiger partial charge >= 0.3 is 0 Å². The van der Waals surface area contributed by atoms with Crippen LogP contribution in [0.25, 0.3) is 0 Å². The topological polar surface area (TPSA) is 82.2 Å². The van der Waals surface area contributed by atoms with Gasteiger partial charge < -0.3 is 20.4 Å². The van der Waals surface area contributed by atoms with Crippen LogP contribution in [0.2, 0.25) is 0 Å². The number of amides is 1. The van der Waals surface area contributed by atoms with Gasteiger partial charge in [0.1, 0.15) is 18.2 Å². The van der Waals surface area contributed by atoms with Crippen LogP contribution in [0, 0.1) is 5.92 Å². The molecule has 1 heterocycles. The first kappa shape index (κ1) is 16.5. The van der Waals surface area contributed by atoms with E-state index in [0.717, 1.165) is 30.0 Å². The average molecular weight is 328 g/mol. The van der Waals surface area contributed by atoms with E-state index in [0.29, 0.717) is 25.5 Å². The van der Waals surface area contributed by atoms with Gasteiger partial charge in [0.2, 0.25) is 5.91 Å². The van der Waals surface area contributed by atoms with E-state index in [1.165, 1.54) is 0 Å². The molecule has 1 amide bonds. The molecule has 0 spiro atoms. The molecule has 6 nitrogen and oxygen atoms in total. The molecule has 1 saturated carbocycles. The van der Waals surface area contributed by atoms with Gasteiger partial charge in [0.25, 0.3) is 0 Å². The highest BCUT2D eigenvalue weighted by Gasteiger charge is 2.35. The lowest BCUT2D eigenvalue weighted by atomic mass is 10.1. The Balaban J connectivity index is 1.59. The number of aryl methyl sites for hydroxylation is 1. The van der Waals surface area contributed by atoms with E-state index < -0.39 is 0 Å². The molecule has 128 valence electrons. The van der Waals surface area contributed by atoms with E-state index >= 15 is 0 Å². The highest BCUT2D eigenvalue weighted by atomic mass is 16.5. The van der Waals surface area contributed by atoms with Crippen molar-refractivity contribution in [3.05, 3.63) is 48.0 Å². The number of carbonyl (C=O) groups excluding carboxylic acids is 1. The van der Waals surface area contributed by atoms with E-state index in [-0.39, 0.29) is 11.9 Å². The zero-order valence-corrected chi connectivity index (χ0v) is 13.9. The number of benzene rings is 1. The molecule has 1 aliphatic carbocycles. The minimum atomic E-state index is 0.00432. The number of hydrogen-bond donors (Lipinski definition) is 2. The Bertz CT molecular complexity index is 677. The summed E-state index contributed by atoms with van der Waals surface area (Å²) in [6, 6.07) is 7.58. The van der Waals surface area contributed by atoms with Crippen molar-refractivity contribution >= 4 is 5.91 Å². The first-order valence-corrected chi connectivity index (χ1v) is 8.35. The van der Waals surface area contributed by atoms with Gasteiger partial charge in [-0.3, -0.25) is 4.79 Å². The summed E-state index contributed by atoms with van der Waals surface area (Å²) in [6.07, 6.45) is 6.33. The van der Waals surface area contributed by atoms with Crippen molar-refractivity contribution < 1.29 is 9.53 Å². The lowest BCUT2D eigenvalue weighted by Crippen LogP contribution is -2.32. The van der Waals surface area contributed by atoms with Crippen molar-refractivity contribution in [2.75, 3.05) is 13.2 Å². The van der Waals surface area contributed by atoms with Crippen LogP contribution >= 0.6 is 0 Å². The van der Waals surface area contributed by atoms with Crippen LogP contribution in [0.1, 0.15) is 30.3 Å². The second-order valence-corrected chi connectivity index (χ2v) is 6.24. The third-order valence-electron chi connectivity index (χ3n) is 4.22. The summed E-state index contributed by atoms with van der Waals surface area (Å²) in [5, 5.41) is 3.15. The number of nitrogens with one attached hydrogen (secondary N) is 1. The quantitative estimate of drug-likeness (QED) is 0.770. The zero-order valence-electron chi connectivity index (χ0n) is 13.9. The van der Waals surface area contributed by atoms with Crippen molar-refractivity contribution in [1.29, 1.82) is 0 Å². The van der Waals surface area contributed by atoms with Crippen LogP contribution in [-0.2, 0) is 18.3 Å². The van der Waals surface area contributed by atoms with Crippen LogP contribution in [0.4, 0.5) is 0 Å². The molecule has 6 heteroatoms. The first-order valence-electron chi connectivity index (χ1n) is 8.35. The maximum absolute atomic E-state index is 12.4. The fourth-order valence-corrected chi connectivity index (χ4v) is 2.79. The Morgan fingerprint density at radius 2 is 2.17 bits per heavy atom. The minimum absolute atomic E-state index is 0.00432. The van der Waals surface area contributed by atoms with Gasteiger partial charge in [0, 0.05) is 26.0 Å². The molecule has 0 bridgehead atoms. The van der Waals surface area contributed by atoms with Crippen LogP contribution in [0.3, 0.4) is 0 Å². The van der Waals surface area contributed by atoms with Crippen LogP contribution in [0.5, 0.6) is 5.75 Å². The SMILES string of the molecule is Cn1ccnc1C(NC(=O)Cc1ccc(OCCN)cc1)C1CC1. The van der Waals surface area contributed by atoms with Crippen LogP contribution < -0.4 is 15.8 Å². The molecule has 24 heavy (non-hydrogen) atoms. The number of nitrogens with two attached hydrogens (primary N) is 1. The van der Waals surface area contributed by atoms with Crippen molar-refractivity contribution in [2.45, 2.75) is 25.3 Å². The molecule has 1 aromatic carbocycles. The van der Waals surface area contributed by atoms with Gasteiger partial charge in [0.05, 0.1) is 12.5 Å². The van der Waals surface area contributed by atoms with Gasteiger partial charge in [-0.2, -0.15) is 0 Å². The molecule has 0 aliphatic heterocycles. The Kier molecular flexibility index (Phi) is 5.15. The number of aromatic nitrogens is 2. The van der Waals surface area contributed by atoms with E-state index in [2.05, 4.69) is 10.3 Å². The lowest BCUT2D eigenvalue weighted by molar-refractivity contribution is -0.121. The molecule has 1 aliphatic rings. The second-order valence-electron chi connectivity index (χ2n) is 6.24. The van der Waals surface area contributed by atoms with E-state index in [1.807, 2.05) is 42.1 Å². The van der Waals surface area contributed by atoms with Crippen LogP contribution in [-0.4, -0.2) is 28.6 Å². The second kappa shape index (κ2) is 7.49. The van der Waals surface area contributed by atoms with Crippen LogP contribution in [0.15, 0.2) is 36.7 Å². The van der Waals surface area contributed by atoms with Gasteiger partial charge in [-0.25, -0.2) is 4.98 Å². The van der Waals surface area contributed by atoms with Crippen molar-refractivity contribution in [3.8, 4) is 5.75 Å². The molecule has 0 radical (unpaired) electrons. The predicted octanol–water partition coefficient (Wildman–Crippen LogP) is 1.57. The molecule has 1 atom stereocenters. The third kappa shape index (κ3) is 4.14. The predicted molar refractivity (Wildman–Crippen MR) is 91.5 cm³/mol. The zero-order chi connectivity index (χ0) is 16.9. The Labute approximate surface area is 142 Å². The Hall–Kier alpha value is -2.34. The molecular formula is C18H24N4O2. The summed E-state index contributed by atoms with van der Waals surface area (Å²) in [7, 11) is 1.96. The molecule has 3 N–H and O–H groups in total. The van der Waals surface area contributed by atoms with Crippen molar-refractivity contribution in [3.63, 3.8) is 0 Å². The fraction of sp³-hybridized carbons (Fsp3) is 0.444. The average Bonchev–Trinajstić information content (AvgIpc) is 3.33. The Morgan fingerprint density at radius 3 is 2.75 bits per heavy atom. The van der Waals surface area contributed by atoms with Crippen molar-refractivity contribution in [2.24, 2.45) is 18.7 Å². The standard InChI is InChI=1S/C18H24N4O2/c1-22-10-9-20-18(22)17(14-4-5-14)21-16(23)12-13-2-6-15(7-3-13)24-11-8-19/h2-3,6-7,9-10,14,17H,4-5,8,11-12,19H2,1H3,(H,21,23). The van der Waals surface area contributed by atoms with Gasteiger partial charge in [-0.15, -0.1) is 0 Å². The number of carbonyl (C=O) groups is 1. The summed E-state index contributed by atoms with van der Waals surface area (Å²) in [4.78, 5) is 16.8. The van der Waals surface area contributed by atoms with Crippen molar-refractivity contribution in [1.82, 2.24) is 14.9 Å². The summed E-state index contributed by atoms with van der Waals surface area (Å²) in [5.74, 6) is 2.22. The molecule has 0 saturated heterocycles. The highest BCUT2D eigenvalue weighted by Crippen LogP contribution is 2.40. The monoisotopic (exact) mass is 328 g/mol. The molecule has 1 unspecified atom stereocenters. The van der Waals surface area contributed by atoms with E-state index in [1.54, 1.807) is 6.20 Å². The molecule has 1 fully saturated rings. The molecular weight excluding hydrogens is 304 g/mol. The summed E-state index contributed by atoms with van der Waals surface area (Å²) in [6.45, 7) is 0.979. The molecule has 2 aromatic rings. The normalized spacial score (nSPS) is 15.1. The number of hydrogen-bond acceptors (Lipinski definition) is 4. The van der Waals surface area contributed by atoms with E-state index in [9.17, 15) is 4.79 Å². The first-order chi connectivity index (χ1) is 11.7. The summed E-state index contributed by atoms with van der Waals surface area (Å²) >= 11 is 0. The van der Waals surface area contributed by atoms with Gasteiger partial charge in [0.15, 0.2) is 0 Å². The van der Waals surface area contributed by atoms with Gasteiger partial charge in [-0.1, -0.05) is 12.1 Å². The Morgan fingerprint density at radius 1 is 1.42 bits per heavy atom. The smallest absolute Gasteiger partial charge is 0.225 e. The highest BCUT2D eigenvalue weighted by molar-refractivity contribution is 5.79. The summed E-state index contributed by atoms with van der Waals surface area (Å²) in [5.41, 5.74) is 6.37. The lowest BCUT2D eigenvalue weighted by Gasteiger charge is -2.18. The van der Waals surface area contributed by atoms with E-state index in [4.69, 9.17) is 10.5 Å². The fourth-order valence-electron chi connectivity index (χ4n) is 2.79. The van der Waals surface area contributed by atoms with Gasteiger partial charge in [-0.05, 0) is 36.5 Å². The largest absolute Gasteiger partial charge is 0.492 e. The summed E-state index contributed by atoms with van der Waals surface area (Å²) < 4.78 is 7.42. The number of nitrogens with zero attached hydrogens (tertiary/aromatic N) is 2. The molecule has 1 aromatic heterocycles. The third-order valence-corrected chi connectivity index (χ3v) is 4.22. The maximum atomic E-state index is 12.4. The number of rotatable bonds is 8. The maximum Gasteiger partial charge on any atom is 0.225 e.